The summed E-state index contributed by atoms with van der Waals surface area (Å²) in [4.78, 5) is 27.1. The summed E-state index contributed by atoms with van der Waals surface area (Å²) in [6, 6.07) is 0. The summed E-state index contributed by atoms with van der Waals surface area (Å²) in [5, 5.41) is 1.68. The number of rotatable bonds is 2. The molecule has 46 valence electrons. The smallest absolute Gasteiger partial charge is 0.278 e. The number of hydrogen-bond acceptors (Lipinski definition) is 4. The molecule has 0 heterocycles. The average molecular weight is 119 g/mol. The van der Waals surface area contributed by atoms with Crippen LogP contribution >= 0.6 is 0 Å². The lowest BCUT2D eigenvalue weighted by Gasteiger charge is -1.92. The van der Waals surface area contributed by atoms with E-state index >= 15 is 0 Å². The Morgan fingerprint density at radius 3 is 2.75 bits per heavy atom. The predicted octanol–water partition coefficient (Wildman–Crippen LogP) is -0.570. The minimum Gasteiger partial charge on any atom is -0.278 e. The summed E-state index contributed by atoms with van der Waals surface area (Å²) in [7, 11) is 1.16. The van der Waals surface area contributed by atoms with Crippen LogP contribution in [0, 0.1) is 0 Å². The third-order valence-corrected chi connectivity index (χ3v) is 0.336. The molecular formula is C3H5NO4. The van der Waals surface area contributed by atoms with Crippen molar-refractivity contribution in [2.24, 2.45) is 0 Å². The highest BCUT2D eigenvalue weighted by Crippen LogP contribution is 1.71. The molecule has 5 nitrogen and oxygen atoms in total. The molecule has 0 spiro atoms. The minimum atomic E-state index is -0.928. The van der Waals surface area contributed by atoms with Crippen molar-refractivity contribution in [1.82, 2.24) is 5.32 Å². The zero-order valence-corrected chi connectivity index (χ0v) is 4.21. The highest BCUT2D eigenvalue weighted by Gasteiger charge is 1.95. The Bertz CT molecular complexity index is 91.3. The van der Waals surface area contributed by atoms with Crippen molar-refractivity contribution < 1.29 is 19.4 Å². The molecule has 0 fully saturated rings. The number of imide groups is 1. The Balaban J connectivity index is 3.18. The molecule has 0 bridgehead atoms. The monoisotopic (exact) mass is 119 g/mol. The van der Waals surface area contributed by atoms with Crippen molar-refractivity contribution in [1.29, 1.82) is 0 Å². The van der Waals surface area contributed by atoms with Crippen LogP contribution in [0.15, 0.2) is 0 Å². The average Bonchev–Trinajstić information content (AvgIpc) is 1.68. The molecule has 0 atom stereocenters. The summed E-state index contributed by atoms with van der Waals surface area (Å²) in [5.74, 6) is 0. The first-order valence-electron chi connectivity index (χ1n) is 1.76. The van der Waals surface area contributed by atoms with Crippen LogP contribution in [-0.4, -0.2) is 19.6 Å². The van der Waals surface area contributed by atoms with Gasteiger partial charge in [-0.2, -0.15) is 4.89 Å². The summed E-state index contributed by atoms with van der Waals surface area (Å²) >= 11 is 0. The first-order valence-corrected chi connectivity index (χ1v) is 1.76. The van der Waals surface area contributed by atoms with E-state index in [-0.39, 0.29) is 6.41 Å². The first-order chi connectivity index (χ1) is 3.81. The number of hydrogen-bond donors (Lipinski definition) is 1. The maximum absolute atomic E-state index is 9.95. The van der Waals surface area contributed by atoms with Gasteiger partial charge in [0.15, 0.2) is 0 Å². The van der Waals surface area contributed by atoms with Crippen LogP contribution in [0.3, 0.4) is 0 Å². The predicted molar refractivity (Wildman–Crippen MR) is 22.7 cm³/mol. The van der Waals surface area contributed by atoms with Crippen LogP contribution in [0.25, 0.3) is 0 Å². The third-order valence-electron chi connectivity index (χ3n) is 0.336. The minimum absolute atomic E-state index is 0.196. The lowest BCUT2D eigenvalue weighted by Crippen LogP contribution is -2.21. The molecule has 0 saturated carbocycles. The fourth-order valence-electron chi connectivity index (χ4n) is 0.148. The second kappa shape index (κ2) is 4.07. The summed E-state index contributed by atoms with van der Waals surface area (Å²) in [6.45, 7) is 0. The molecule has 0 saturated heterocycles. The maximum Gasteiger partial charge on any atom is 0.445 e. The number of amides is 2. The van der Waals surface area contributed by atoms with Gasteiger partial charge in [-0.15, -0.1) is 0 Å². The van der Waals surface area contributed by atoms with E-state index in [0.717, 1.165) is 7.11 Å². The van der Waals surface area contributed by atoms with E-state index in [1.54, 1.807) is 5.32 Å². The number of nitrogens with one attached hydrogen (secondary N) is 1. The quantitative estimate of drug-likeness (QED) is 0.300. The molecule has 5 heteroatoms. The molecule has 0 unspecified atom stereocenters. The van der Waals surface area contributed by atoms with Gasteiger partial charge < -0.3 is 0 Å². The Morgan fingerprint density at radius 1 is 1.75 bits per heavy atom. The molecule has 0 aromatic carbocycles. The molecular weight excluding hydrogens is 114 g/mol. The second-order valence-corrected chi connectivity index (χ2v) is 0.800. The van der Waals surface area contributed by atoms with Gasteiger partial charge in [0.2, 0.25) is 6.41 Å². The van der Waals surface area contributed by atoms with Crippen LogP contribution in [0.5, 0.6) is 0 Å². The van der Waals surface area contributed by atoms with Gasteiger partial charge in [-0.3, -0.25) is 15.0 Å². The molecule has 0 rings (SSSR count). The molecule has 0 aromatic rings. The van der Waals surface area contributed by atoms with Crippen LogP contribution in [0.4, 0.5) is 4.79 Å². The third kappa shape index (κ3) is 3.10. The maximum atomic E-state index is 9.95. The van der Waals surface area contributed by atoms with Crippen molar-refractivity contribution in [2.45, 2.75) is 0 Å². The van der Waals surface area contributed by atoms with Crippen molar-refractivity contribution >= 4 is 12.5 Å². The van der Waals surface area contributed by atoms with Gasteiger partial charge >= 0.3 is 6.09 Å². The molecule has 0 aliphatic heterocycles. The zero-order valence-electron chi connectivity index (χ0n) is 4.21. The van der Waals surface area contributed by atoms with E-state index < -0.39 is 6.09 Å². The highest BCUT2D eigenvalue weighted by molar-refractivity contribution is 5.79. The van der Waals surface area contributed by atoms with E-state index in [0.29, 0.717) is 0 Å². The van der Waals surface area contributed by atoms with Gasteiger partial charge in [0.25, 0.3) is 0 Å². The Kier molecular flexibility index (Phi) is 3.51. The summed E-state index contributed by atoms with van der Waals surface area (Å²) < 4.78 is 0. The van der Waals surface area contributed by atoms with E-state index in [1.165, 1.54) is 0 Å². The lowest BCUT2D eigenvalue weighted by atomic mass is 11.1. The number of carbonyl (C=O) groups is 2. The van der Waals surface area contributed by atoms with Crippen LogP contribution in [-0.2, 0) is 14.6 Å². The van der Waals surface area contributed by atoms with Gasteiger partial charge in [-0.1, -0.05) is 0 Å². The fourth-order valence-corrected chi connectivity index (χ4v) is 0.148. The Hall–Kier alpha value is -1.10. The van der Waals surface area contributed by atoms with E-state index in [2.05, 4.69) is 9.78 Å². The van der Waals surface area contributed by atoms with Crippen molar-refractivity contribution in [3.63, 3.8) is 0 Å². The molecule has 0 radical (unpaired) electrons. The largest absolute Gasteiger partial charge is 0.445 e. The van der Waals surface area contributed by atoms with E-state index in [9.17, 15) is 9.59 Å². The van der Waals surface area contributed by atoms with E-state index in [4.69, 9.17) is 0 Å². The normalized spacial score (nSPS) is 7.62. The molecule has 1 N–H and O–H groups in total. The molecule has 0 aromatic heterocycles. The molecule has 0 aliphatic rings. The van der Waals surface area contributed by atoms with Gasteiger partial charge in [0.1, 0.15) is 0 Å². The standard InChI is InChI=1S/C3H5NO4/c1-7-8-3(6)4-2-5/h2H,1H3,(H,4,5,6). The second-order valence-electron chi connectivity index (χ2n) is 0.800. The van der Waals surface area contributed by atoms with Crippen LogP contribution in [0.1, 0.15) is 0 Å². The van der Waals surface area contributed by atoms with Crippen molar-refractivity contribution in [3.8, 4) is 0 Å². The summed E-state index contributed by atoms with van der Waals surface area (Å²) in [6.07, 6.45) is -0.732. The lowest BCUT2D eigenvalue weighted by molar-refractivity contribution is -0.212. The molecule has 8 heavy (non-hydrogen) atoms. The van der Waals surface area contributed by atoms with Crippen molar-refractivity contribution in [3.05, 3.63) is 0 Å². The van der Waals surface area contributed by atoms with Gasteiger partial charge in [0.05, 0.1) is 7.11 Å². The highest BCUT2D eigenvalue weighted by atomic mass is 17.2. The Morgan fingerprint density at radius 2 is 2.38 bits per heavy atom. The van der Waals surface area contributed by atoms with Crippen molar-refractivity contribution in [2.75, 3.05) is 7.11 Å². The van der Waals surface area contributed by atoms with Gasteiger partial charge in [-0.05, 0) is 0 Å². The summed E-state index contributed by atoms with van der Waals surface area (Å²) in [5.41, 5.74) is 0. The number of carbonyl (C=O) groups excluding carboxylic acids is 2. The fraction of sp³-hybridized carbons (Fsp3) is 0.333. The van der Waals surface area contributed by atoms with Crippen LogP contribution < -0.4 is 5.32 Å². The van der Waals surface area contributed by atoms with Gasteiger partial charge in [-0.25, -0.2) is 4.79 Å². The van der Waals surface area contributed by atoms with E-state index in [1.807, 2.05) is 0 Å². The van der Waals surface area contributed by atoms with Crippen LogP contribution in [0.2, 0.25) is 0 Å². The Labute approximate surface area is 45.5 Å². The molecule has 2 amide bonds. The zero-order chi connectivity index (χ0) is 6.41. The topological polar surface area (TPSA) is 64.6 Å². The van der Waals surface area contributed by atoms with Gasteiger partial charge in [0, 0.05) is 0 Å². The SMILES string of the molecule is COOC(=O)NC=O. The molecule has 0 aliphatic carbocycles. The first kappa shape index (κ1) is 6.90.